The molecule has 0 saturated heterocycles. The molecule has 0 unspecified atom stereocenters. The first-order chi connectivity index (χ1) is 8.84. The third-order valence-corrected chi connectivity index (χ3v) is 2.83. The Bertz CT molecular complexity index is 669. The summed E-state index contributed by atoms with van der Waals surface area (Å²) in [4.78, 5) is 15.1. The first-order valence-electron chi connectivity index (χ1n) is 5.67. The number of hydrogen-bond acceptors (Lipinski definition) is 2. The fourth-order valence-electron chi connectivity index (χ4n) is 1.91. The lowest BCUT2D eigenvalue weighted by molar-refractivity contribution is 0.0952. The Labute approximate surface area is 103 Å². The lowest BCUT2D eigenvalue weighted by atomic mass is 10.1. The zero-order chi connectivity index (χ0) is 12.4. The number of hydrogen-bond donors (Lipinski definition) is 3. The lowest BCUT2D eigenvalue weighted by Gasteiger charge is -2.04. The smallest absolute Gasteiger partial charge is 0.252 e. The molecule has 18 heavy (non-hydrogen) atoms. The molecule has 0 radical (unpaired) electrons. The Morgan fingerprint density at radius 2 is 2.22 bits per heavy atom. The van der Waals surface area contributed by atoms with Crippen molar-refractivity contribution in [3.05, 3.63) is 54.0 Å². The Balaban J connectivity index is 1.81. The second-order valence-corrected chi connectivity index (χ2v) is 4.01. The zero-order valence-corrected chi connectivity index (χ0v) is 9.60. The number of nitrogens with one attached hydrogen (secondary N) is 3. The second-order valence-electron chi connectivity index (χ2n) is 4.01. The lowest BCUT2D eigenvalue weighted by Crippen LogP contribution is -2.23. The standard InChI is InChI=1S/C13H12N4O/c18-13(15-7-9-3-2-6-14-9)10-4-1-5-12-11(10)8-16-17-12/h1-6,8,14H,7H2,(H,15,18)(H,16,17). The van der Waals surface area contributed by atoms with Gasteiger partial charge in [-0.25, -0.2) is 0 Å². The highest BCUT2D eigenvalue weighted by molar-refractivity contribution is 6.05. The van der Waals surface area contributed by atoms with E-state index < -0.39 is 0 Å². The van der Waals surface area contributed by atoms with E-state index in [1.807, 2.05) is 30.5 Å². The number of fused-ring (bicyclic) bond motifs is 1. The predicted molar refractivity (Wildman–Crippen MR) is 68.1 cm³/mol. The molecule has 1 amide bonds. The van der Waals surface area contributed by atoms with E-state index in [4.69, 9.17) is 0 Å². The molecule has 0 aliphatic carbocycles. The van der Waals surface area contributed by atoms with Crippen molar-refractivity contribution in [3.63, 3.8) is 0 Å². The molecule has 3 aromatic rings. The fourth-order valence-corrected chi connectivity index (χ4v) is 1.91. The van der Waals surface area contributed by atoms with Gasteiger partial charge in [-0.1, -0.05) is 6.07 Å². The molecule has 0 atom stereocenters. The third kappa shape index (κ3) is 1.86. The van der Waals surface area contributed by atoms with Gasteiger partial charge in [0.2, 0.25) is 0 Å². The van der Waals surface area contributed by atoms with Gasteiger partial charge in [0.25, 0.3) is 5.91 Å². The number of benzene rings is 1. The first-order valence-corrected chi connectivity index (χ1v) is 5.67. The molecular weight excluding hydrogens is 228 g/mol. The molecule has 2 aromatic heterocycles. The van der Waals surface area contributed by atoms with Crippen LogP contribution in [0.5, 0.6) is 0 Å². The summed E-state index contributed by atoms with van der Waals surface area (Å²) < 4.78 is 0. The summed E-state index contributed by atoms with van der Waals surface area (Å²) in [5.74, 6) is -0.100. The fraction of sp³-hybridized carbons (Fsp3) is 0.0769. The molecular formula is C13H12N4O. The minimum absolute atomic E-state index is 0.100. The number of aromatic amines is 2. The first kappa shape index (κ1) is 10.6. The van der Waals surface area contributed by atoms with E-state index in [9.17, 15) is 4.79 Å². The van der Waals surface area contributed by atoms with Gasteiger partial charge in [0.05, 0.1) is 23.8 Å². The third-order valence-electron chi connectivity index (χ3n) is 2.83. The van der Waals surface area contributed by atoms with E-state index in [1.165, 1.54) is 0 Å². The van der Waals surface area contributed by atoms with Crippen molar-refractivity contribution in [3.8, 4) is 0 Å². The Hall–Kier alpha value is -2.56. The van der Waals surface area contributed by atoms with Crippen LogP contribution in [0.2, 0.25) is 0 Å². The van der Waals surface area contributed by atoms with Gasteiger partial charge in [0.1, 0.15) is 0 Å². The molecule has 0 saturated carbocycles. The molecule has 0 fully saturated rings. The largest absolute Gasteiger partial charge is 0.364 e. The highest BCUT2D eigenvalue weighted by atomic mass is 16.1. The van der Waals surface area contributed by atoms with Crippen LogP contribution in [0.4, 0.5) is 0 Å². The van der Waals surface area contributed by atoms with Crippen molar-refractivity contribution in [2.24, 2.45) is 0 Å². The van der Waals surface area contributed by atoms with Crippen molar-refractivity contribution >= 4 is 16.8 Å². The van der Waals surface area contributed by atoms with Crippen LogP contribution in [-0.2, 0) is 6.54 Å². The van der Waals surface area contributed by atoms with Crippen LogP contribution >= 0.6 is 0 Å². The van der Waals surface area contributed by atoms with Gasteiger partial charge in [-0.3, -0.25) is 9.89 Å². The summed E-state index contributed by atoms with van der Waals surface area (Å²) in [7, 11) is 0. The number of aromatic nitrogens is 3. The van der Waals surface area contributed by atoms with Crippen molar-refractivity contribution in [1.82, 2.24) is 20.5 Å². The van der Waals surface area contributed by atoms with Crippen LogP contribution in [0.1, 0.15) is 16.1 Å². The molecule has 5 nitrogen and oxygen atoms in total. The van der Waals surface area contributed by atoms with Crippen LogP contribution in [0.25, 0.3) is 10.9 Å². The molecule has 2 heterocycles. The Morgan fingerprint density at radius 1 is 1.28 bits per heavy atom. The van der Waals surface area contributed by atoms with E-state index in [-0.39, 0.29) is 5.91 Å². The topological polar surface area (TPSA) is 73.6 Å². The van der Waals surface area contributed by atoms with Gasteiger partial charge < -0.3 is 10.3 Å². The normalized spacial score (nSPS) is 10.7. The molecule has 1 aromatic carbocycles. The van der Waals surface area contributed by atoms with Crippen molar-refractivity contribution in [1.29, 1.82) is 0 Å². The quantitative estimate of drug-likeness (QED) is 0.653. The Morgan fingerprint density at radius 3 is 3.06 bits per heavy atom. The summed E-state index contributed by atoms with van der Waals surface area (Å²) in [6.45, 7) is 0.486. The molecule has 5 heteroatoms. The van der Waals surface area contributed by atoms with E-state index >= 15 is 0 Å². The maximum atomic E-state index is 12.1. The van der Waals surface area contributed by atoms with E-state index in [2.05, 4.69) is 20.5 Å². The maximum Gasteiger partial charge on any atom is 0.252 e. The van der Waals surface area contributed by atoms with Crippen LogP contribution in [-0.4, -0.2) is 21.1 Å². The molecule has 90 valence electrons. The zero-order valence-electron chi connectivity index (χ0n) is 9.60. The van der Waals surface area contributed by atoms with Gasteiger partial charge in [0, 0.05) is 17.3 Å². The predicted octanol–water partition coefficient (Wildman–Crippen LogP) is 1.82. The number of carbonyl (C=O) groups excluding carboxylic acids is 1. The van der Waals surface area contributed by atoms with Gasteiger partial charge in [-0.15, -0.1) is 0 Å². The molecule has 0 aliphatic heterocycles. The van der Waals surface area contributed by atoms with Crippen LogP contribution < -0.4 is 5.32 Å². The summed E-state index contributed by atoms with van der Waals surface area (Å²) >= 11 is 0. The maximum absolute atomic E-state index is 12.1. The highest BCUT2D eigenvalue weighted by Gasteiger charge is 2.10. The molecule has 0 bridgehead atoms. The number of carbonyl (C=O) groups is 1. The average molecular weight is 240 g/mol. The van der Waals surface area contributed by atoms with Crippen LogP contribution in [0.3, 0.4) is 0 Å². The Kier molecular flexibility index (Phi) is 2.57. The van der Waals surface area contributed by atoms with Gasteiger partial charge in [-0.2, -0.15) is 5.10 Å². The second kappa shape index (κ2) is 4.37. The highest BCUT2D eigenvalue weighted by Crippen LogP contribution is 2.15. The SMILES string of the molecule is O=C(NCc1ccc[nH]1)c1cccc2[nH]ncc12. The van der Waals surface area contributed by atoms with Gasteiger partial charge >= 0.3 is 0 Å². The molecule has 0 aliphatic rings. The van der Waals surface area contributed by atoms with Crippen molar-refractivity contribution in [2.75, 3.05) is 0 Å². The van der Waals surface area contributed by atoms with E-state index in [0.717, 1.165) is 16.6 Å². The van der Waals surface area contributed by atoms with Crippen LogP contribution in [0, 0.1) is 0 Å². The number of nitrogens with zero attached hydrogens (tertiary/aromatic N) is 1. The molecule has 0 spiro atoms. The average Bonchev–Trinajstić information content (AvgIpc) is 3.05. The number of H-pyrrole nitrogens is 2. The van der Waals surface area contributed by atoms with E-state index in [0.29, 0.717) is 12.1 Å². The van der Waals surface area contributed by atoms with Gasteiger partial charge in [-0.05, 0) is 24.3 Å². The van der Waals surface area contributed by atoms with Crippen molar-refractivity contribution in [2.45, 2.75) is 6.54 Å². The molecule has 3 N–H and O–H groups in total. The van der Waals surface area contributed by atoms with E-state index in [1.54, 1.807) is 12.3 Å². The minimum atomic E-state index is -0.100. The molecule has 3 rings (SSSR count). The van der Waals surface area contributed by atoms with Gasteiger partial charge in [0.15, 0.2) is 0 Å². The summed E-state index contributed by atoms with van der Waals surface area (Å²) in [5, 5.41) is 10.5. The van der Waals surface area contributed by atoms with Crippen LogP contribution in [0.15, 0.2) is 42.7 Å². The number of amides is 1. The summed E-state index contributed by atoms with van der Waals surface area (Å²) in [6, 6.07) is 9.35. The summed E-state index contributed by atoms with van der Waals surface area (Å²) in [6.07, 6.45) is 3.50. The minimum Gasteiger partial charge on any atom is -0.364 e. The van der Waals surface area contributed by atoms with Crippen molar-refractivity contribution < 1.29 is 4.79 Å². The summed E-state index contributed by atoms with van der Waals surface area (Å²) in [5.41, 5.74) is 2.47. The monoisotopic (exact) mass is 240 g/mol. The number of rotatable bonds is 3.